The summed E-state index contributed by atoms with van der Waals surface area (Å²) in [4.78, 5) is 36.3. The van der Waals surface area contributed by atoms with Crippen LogP contribution in [0.4, 0.5) is 19.3 Å². The lowest BCUT2D eigenvalue weighted by atomic mass is 9.58. The number of likely N-dealkylation sites (tertiary alicyclic amines) is 1. The van der Waals surface area contributed by atoms with E-state index in [4.69, 9.17) is 4.74 Å². The Bertz CT molecular complexity index is 2130. The number of rotatable bonds is 15. The summed E-state index contributed by atoms with van der Waals surface area (Å²) in [5, 5.41) is 4.65. The van der Waals surface area contributed by atoms with Crippen molar-refractivity contribution in [2.24, 2.45) is 17.8 Å². The minimum absolute atomic E-state index is 0.0653. The van der Waals surface area contributed by atoms with Crippen molar-refractivity contribution in [3.05, 3.63) is 106 Å². The van der Waals surface area contributed by atoms with E-state index in [-0.39, 0.29) is 36.0 Å². The van der Waals surface area contributed by atoms with Gasteiger partial charge in [-0.25, -0.2) is 22.8 Å². The van der Waals surface area contributed by atoms with Crippen LogP contribution in [0.15, 0.2) is 93.8 Å². The van der Waals surface area contributed by atoms with E-state index in [1.807, 2.05) is 23.5 Å². The number of hydrogen-bond acceptors (Lipinski definition) is 8. The van der Waals surface area contributed by atoms with E-state index in [0.29, 0.717) is 53.2 Å². The zero-order chi connectivity index (χ0) is 41.0. The van der Waals surface area contributed by atoms with Gasteiger partial charge in [-0.05, 0) is 91.9 Å². The summed E-state index contributed by atoms with van der Waals surface area (Å²) in [6.07, 6.45) is 13.1. The summed E-state index contributed by atoms with van der Waals surface area (Å²) >= 11 is 0. The number of amides is 2. The molecule has 1 saturated carbocycles. The maximum absolute atomic E-state index is 15.5. The lowest BCUT2D eigenvalue weighted by Gasteiger charge is -2.51. The highest BCUT2D eigenvalue weighted by Crippen LogP contribution is 2.52. The third-order valence-corrected chi connectivity index (χ3v) is 14.4. The molecule has 3 fully saturated rings. The zero-order valence-corrected chi connectivity index (χ0v) is 34.9. The Morgan fingerprint density at radius 2 is 1.88 bits per heavy atom. The minimum Gasteiger partial charge on any atom is -0.453 e. The van der Waals surface area contributed by atoms with Crippen LogP contribution in [0.1, 0.15) is 44.1 Å². The van der Waals surface area contributed by atoms with E-state index in [1.165, 1.54) is 29.6 Å². The molecule has 0 radical (unpaired) electrons. The second kappa shape index (κ2) is 18.2. The van der Waals surface area contributed by atoms with E-state index >= 15 is 8.78 Å². The van der Waals surface area contributed by atoms with E-state index in [9.17, 15) is 18.0 Å². The summed E-state index contributed by atoms with van der Waals surface area (Å²) in [7, 11) is 0.303. The fourth-order valence-corrected chi connectivity index (χ4v) is 11.1. The first kappa shape index (κ1) is 41.7. The number of anilines is 1. The van der Waals surface area contributed by atoms with Crippen molar-refractivity contribution in [1.82, 2.24) is 24.7 Å². The molecule has 58 heavy (non-hydrogen) atoms. The molecule has 2 amide bonds. The summed E-state index contributed by atoms with van der Waals surface area (Å²) < 4.78 is 62.1. The van der Waals surface area contributed by atoms with Gasteiger partial charge in [-0.15, -0.1) is 0 Å². The number of benzene rings is 2. The molecule has 5 atom stereocenters. The second-order valence-corrected chi connectivity index (χ2v) is 18.8. The van der Waals surface area contributed by atoms with Gasteiger partial charge in [-0.1, -0.05) is 30.4 Å². The normalized spacial score (nSPS) is 22.3. The fraction of sp³-hybridized carbons (Fsp3) is 0.488. The van der Waals surface area contributed by atoms with Gasteiger partial charge in [0.25, 0.3) is 5.91 Å². The molecule has 11 nitrogen and oxygen atoms in total. The molecule has 2 aliphatic carbocycles. The number of aromatic nitrogens is 2. The number of ether oxygens (including phenoxy) is 1. The third kappa shape index (κ3) is 9.07. The summed E-state index contributed by atoms with van der Waals surface area (Å²) in [5.41, 5.74) is 4.31. The molecule has 2 unspecified atom stereocenters. The monoisotopic (exact) mass is 834 g/mol. The molecule has 0 bridgehead atoms. The Kier molecular flexibility index (Phi) is 13.1. The van der Waals surface area contributed by atoms with E-state index in [0.717, 1.165) is 57.3 Å². The smallest absolute Gasteiger partial charge is 0.407 e. The zero-order valence-electron chi connectivity index (χ0n) is 33.3. The second-order valence-electron chi connectivity index (χ2n) is 16.1. The Hall–Kier alpha value is -4.43. The van der Waals surface area contributed by atoms with Gasteiger partial charge in [0.2, 0.25) is 0 Å². The van der Waals surface area contributed by atoms with Gasteiger partial charge in [0.15, 0.2) is 0 Å². The van der Waals surface area contributed by atoms with Crippen molar-refractivity contribution < 1.29 is 31.5 Å². The average Bonchev–Trinajstić information content (AvgIpc) is 3.87. The number of carbonyl (C=O) groups excluding carboxylic acids is 2. The fourth-order valence-electron chi connectivity index (χ4n) is 9.59. The number of methoxy groups -OCH3 is 1. The predicted molar refractivity (Wildman–Crippen MR) is 221 cm³/mol. The van der Waals surface area contributed by atoms with Gasteiger partial charge in [0, 0.05) is 97.9 Å². The van der Waals surface area contributed by atoms with Crippen molar-refractivity contribution in [1.29, 1.82) is 0 Å². The van der Waals surface area contributed by atoms with Gasteiger partial charge in [0.1, 0.15) is 11.6 Å². The van der Waals surface area contributed by atoms with Crippen LogP contribution < -0.4 is 10.2 Å². The number of hydrogen-bond donors (Lipinski definition) is 1. The molecule has 310 valence electrons. The highest BCUT2D eigenvalue weighted by Gasteiger charge is 2.52. The van der Waals surface area contributed by atoms with Gasteiger partial charge >= 0.3 is 6.09 Å². The molecule has 1 N–H and O–H groups in total. The number of carbonyl (C=O) groups is 2. The van der Waals surface area contributed by atoms with Crippen molar-refractivity contribution in [2.45, 2.75) is 61.4 Å². The van der Waals surface area contributed by atoms with Crippen LogP contribution >= 0.6 is 0 Å². The molecule has 3 aromatic rings. The molecule has 2 aliphatic heterocycles. The van der Waals surface area contributed by atoms with Crippen LogP contribution in [0.25, 0.3) is 0 Å². The molecule has 3 heterocycles. The third-order valence-electron chi connectivity index (χ3n) is 12.4. The van der Waals surface area contributed by atoms with Crippen LogP contribution in [-0.2, 0) is 43.1 Å². The molecule has 2 saturated heterocycles. The largest absolute Gasteiger partial charge is 0.453 e. The first-order chi connectivity index (χ1) is 27.9. The molecule has 1 aromatic heterocycles. The van der Waals surface area contributed by atoms with E-state index in [1.54, 1.807) is 49.8 Å². The maximum Gasteiger partial charge on any atom is 0.407 e. The van der Waals surface area contributed by atoms with Crippen molar-refractivity contribution in [3.63, 3.8) is 0 Å². The number of likely N-dealkylation sites (N-methyl/N-ethyl adjacent to an activating group) is 1. The average molecular weight is 835 g/mol. The first-order valence-electron chi connectivity index (χ1n) is 19.9. The van der Waals surface area contributed by atoms with Crippen LogP contribution in [0.5, 0.6) is 0 Å². The first-order valence-corrected chi connectivity index (χ1v) is 22.7. The van der Waals surface area contributed by atoms with Gasteiger partial charge in [-0.2, -0.15) is 0 Å². The predicted octanol–water partition coefficient (Wildman–Crippen LogP) is 5.74. The Labute approximate surface area is 344 Å². The number of nitrogens with zero attached hydrogens (tertiary/aromatic N) is 5. The molecule has 0 spiro atoms. The van der Waals surface area contributed by atoms with Gasteiger partial charge in [-0.3, -0.25) is 9.00 Å². The topological polar surface area (TPSA) is 117 Å². The summed E-state index contributed by atoms with van der Waals surface area (Å²) in [5.74, 6) is -0.285. The van der Waals surface area contributed by atoms with Crippen LogP contribution in [-0.4, -0.2) is 105 Å². The molecule has 2 aromatic carbocycles. The number of halogens is 2. The highest BCUT2D eigenvalue weighted by molar-refractivity contribution is 7.89. The van der Waals surface area contributed by atoms with Crippen LogP contribution in [0.2, 0.25) is 0 Å². The minimum atomic E-state index is -1.62. The number of imidazole rings is 1. The van der Waals surface area contributed by atoms with Crippen molar-refractivity contribution in [3.8, 4) is 0 Å². The standard InChI is InChI=1S/C43H52F2N6O5S2/c1-48(16-6-20-57(3)54)41(52)31-21-36(22-31)58(55)35-11-12-40(38(45)24-35)51-26-30(27-51)25-49-17-13-32(14-18-49)43(28-50-19-15-46-29-50,33-7-4-8-34(44)23-33)37-9-5-10-39(37)47-42(53)56-2/h4,6-8,11-12,15,19-20,23-24,29-30,32,37,39H,5,9-10,13-14,16-18,21,25-28H2,1-3H3,(H,47,53)/b20-6+/t37-,39-,43-,57?,58?/m0/s1. The van der Waals surface area contributed by atoms with E-state index in [2.05, 4.69) is 25.5 Å². The number of alkyl carbamates (subject to hydrolysis) is 1. The highest BCUT2D eigenvalue weighted by atomic mass is 32.2. The molecular weight excluding hydrogens is 783 g/mol. The Morgan fingerprint density at radius 3 is 2.55 bits per heavy atom. The van der Waals surface area contributed by atoms with Crippen molar-refractivity contribution in [2.75, 3.05) is 64.6 Å². The molecule has 4 aliphatic rings. The van der Waals surface area contributed by atoms with Gasteiger partial charge < -0.3 is 29.3 Å². The number of nitrogens with one attached hydrogen (secondary N) is 1. The summed E-state index contributed by atoms with van der Waals surface area (Å²) in [6.45, 7) is 5.00. The van der Waals surface area contributed by atoms with Crippen molar-refractivity contribution >= 4 is 39.3 Å². The maximum atomic E-state index is 15.5. The molecule has 15 heteroatoms. The van der Waals surface area contributed by atoms with Gasteiger partial charge in [0.05, 0.1) is 40.4 Å². The Morgan fingerprint density at radius 1 is 1.10 bits per heavy atom. The van der Waals surface area contributed by atoms with E-state index < -0.39 is 38.9 Å². The molecule has 7 rings (SSSR count). The molecular formula is C43H52F2N6O5S2. The SMILES string of the molecule is COC(=O)N[C@H]1CCC[C@@H]1[C@](Cn1ccnc1)(c1cccc(F)c1)C1CCN(CC2CN(c3ccc(S(=O)C4=C=C(C(=O)N(C)C/C=C/S(C)=O)C4)cc3F)C2)CC1. The summed E-state index contributed by atoms with van der Waals surface area (Å²) in [6, 6.07) is 11.6. The Balaban J connectivity index is 0.977. The number of piperidine rings is 1. The van der Waals surface area contributed by atoms with Crippen LogP contribution in [0.3, 0.4) is 0 Å². The quantitative estimate of drug-likeness (QED) is 0.193. The lowest BCUT2D eigenvalue weighted by Crippen LogP contribution is -2.56. The van der Waals surface area contributed by atoms with Crippen LogP contribution in [0, 0.1) is 29.4 Å². The lowest BCUT2D eigenvalue weighted by molar-refractivity contribution is -0.125.